The summed E-state index contributed by atoms with van der Waals surface area (Å²) in [6, 6.07) is 6.72. The number of likely N-dealkylation sites (tertiary alicyclic amines) is 1. The topological polar surface area (TPSA) is 42.3 Å². The van der Waals surface area contributed by atoms with Gasteiger partial charge in [-0.05, 0) is 36.5 Å². The smallest absolute Gasteiger partial charge is 0.418 e. The van der Waals surface area contributed by atoms with Crippen molar-refractivity contribution in [1.29, 1.82) is 0 Å². The Morgan fingerprint density at radius 2 is 2.00 bits per heavy atom. The second-order valence-corrected chi connectivity index (χ2v) is 7.07. The summed E-state index contributed by atoms with van der Waals surface area (Å²) in [5.74, 6) is -0.226. The SMILES string of the molecule is COc1ccc(NC(=S)N2CC(n3cc(C(F)(F)F)c4cc(F)ccc43)C2)cn1. The summed E-state index contributed by atoms with van der Waals surface area (Å²) in [4.78, 5) is 5.92. The van der Waals surface area contributed by atoms with Crippen molar-refractivity contribution in [3.8, 4) is 5.88 Å². The monoisotopic (exact) mass is 424 g/mol. The number of methoxy groups -OCH3 is 1. The molecule has 1 aliphatic rings. The van der Waals surface area contributed by atoms with Crippen molar-refractivity contribution in [2.24, 2.45) is 0 Å². The number of nitrogens with zero attached hydrogens (tertiary/aromatic N) is 3. The number of thiocarbonyl (C=S) groups is 1. The Hall–Kier alpha value is -2.88. The maximum atomic E-state index is 13.5. The average Bonchev–Trinajstić information content (AvgIpc) is 3.00. The highest BCUT2D eigenvalue weighted by atomic mass is 32.1. The molecule has 3 heterocycles. The molecule has 152 valence electrons. The van der Waals surface area contributed by atoms with E-state index in [1.807, 2.05) is 4.90 Å². The maximum absolute atomic E-state index is 13.5. The van der Waals surface area contributed by atoms with Crippen LogP contribution in [0.5, 0.6) is 5.88 Å². The summed E-state index contributed by atoms with van der Waals surface area (Å²) >= 11 is 5.37. The first-order valence-electron chi connectivity index (χ1n) is 8.69. The van der Waals surface area contributed by atoms with Gasteiger partial charge in [-0.25, -0.2) is 9.37 Å². The molecule has 0 aliphatic carbocycles. The fourth-order valence-corrected chi connectivity index (χ4v) is 3.60. The second-order valence-electron chi connectivity index (χ2n) is 6.69. The molecule has 0 radical (unpaired) electrons. The van der Waals surface area contributed by atoms with Crippen LogP contribution in [0.3, 0.4) is 0 Å². The summed E-state index contributed by atoms with van der Waals surface area (Å²) in [6.45, 7) is 0.877. The molecular formula is C19H16F4N4OS. The molecule has 0 amide bonds. The van der Waals surface area contributed by atoms with Gasteiger partial charge in [0.1, 0.15) is 5.82 Å². The Morgan fingerprint density at radius 3 is 2.62 bits per heavy atom. The summed E-state index contributed by atoms with van der Waals surface area (Å²) < 4.78 is 60.1. The van der Waals surface area contributed by atoms with E-state index < -0.39 is 17.6 Å². The normalized spacial score (nSPS) is 14.7. The van der Waals surface area contributed by atoms with Crippen molar-refractivity contribution in [2.45, 2.75) is 12.2 Å². The van der Waals surface area contributed by atoms with Crippen molar-refractivity contribution in [3.05, 3.63) is 54.1 Å². The Kier molecular flexibility index (Phi) is 4.81. The highest BCUT2D eigenvalue weighted by Gasteiger charge is 2.38. The van der Waals surface area contributed by atoms with Crippen LogP contribution in [0.2, 0.25) is 0 Å². The molecule has 1 fully saturated rings. The van der Waals surface area contributed by atoms with Crippen LogP contribution in [0, 0.1) is 5.82 Å². The fourth-order valence-electron chi connectivity index (χ4n) is 3.33. The van der Waals surface area contributed by atoms with E-state index in [0.29, 0.717) is 35.3 Å². The van der Waals surface area contributed by atoms with Gasteiger partial charge < -0.3 is 19.5 Å². The van der Waals surface area contributed by atoms with E-state index in [0.717, 1.165) is 18.3 Å². The Labute approximate surface area is 168 Å². The summed E-state index contributed by atoms with van der Waals surface area (Å²) in [7, 11) is 1.52. The van der Waals surface area contributed by atoms with E-state index in [9.17, 15) is 17.6 Å². The molecule has 1 N–H and O–H groups in total. The van der Waals surface area contributed by atoms with E-state index in [2.05, 4.69) is 10.3 Å². The lowest BCUT2D eigenvalue weighted by Gasteiger charge is -2.42. The van der Waals surface area contributed by atoms with Crippen LogP contribution in [0.25, 0.3) is 10.9 Å². The van der Waals surface area contributed by atoms with E-state index in [1.54, 1.807) is 22.9 Å². The highest BCUT2D eigenvalue weighted by Crippen LogP contribution is 2.39. The van der Waals surface area contributed by atoms with Crippen molar-refractivity contribution < 1.29 is 22.3 Å². The van der Waals surface area contributed by atoms with E-state index >= 15 is 0 Å². The van der Waals surface area contributed by atoms with Crippen molar-refractivity contribution in [3.63, 3.8) is 0 Å². The number of ether oxygens (including phenoxy) is 1. The van der Waals surface area contributed by atoms with Gasteiger partial charge in [-0.2, -0.15) is 13.2 Å². The van der Waals surface area contributed by atoms with Gasteiger partial charge >= 0.3 is 6.18 Å². The summed E-state index contributed by atoms with van der Waals surface area (Å²) in [5, 5.41) is 3.35. The zero-order valence-electron chi connectivity index (χ0n) is 15.2. The number of rotatable bonds is 3. The molecule has 10 heteroatoms. The lowest BCUT2D eigenvalue weighted by molar-refractivity contribution is -0.136. The van der Waals surface area contributed by atoms with Crippen LogP contribution in [-0.4, -0.2) is 39.8 Å². The van der Waals surface area contributed by atoms with Crippen LogP contribution in [0.1, 0.15) is 11.6 Å². The highest BCUT2D eigenvalue weighted by molar-refractivity contribution is 7.80. The predicted octanol–water partition coefficient (Wildman–Crippen LogP) is 4.46. The number of aromatic nitrogens is 2. The molecule has 4 rings (SSSR count). The minimum Gasteiger partial charge on any atom is -0.481 e. The van der Waals surface area contributed by atoms with E-state index in [1.165, 1.54) is 13.2 Å². The zero-order chi connectivity index (χ0) is 20.8. The largest absolute Gasteiger partial charge is 0.481 e. The molecule has 0 unspecified atom stereocenters. The molecule has 29 heavy (non-hydrogen) atoms. The minimum absolute atomic E-state index is 0.138. The first-order chi connectivity index (χ1) is 13.8. The van der Waals surface area contributed by atoms with Gasteiger partial charge in [0.05, 0.1) is 30.6 Å². The molecule has 0 spiro atoms. The summed E-state index contributed by atoms with van der Waals surface area (Å²) in [6.07, 6.45) is -1.93. The number of benzene rings is 1. The molecule has 0 atom stereocenters. The quantitative estimate of drug-likeness (QED) is 0.497. The molecule has 0 saturated carbocycles. The van der Waals surface area contributed by atoms with Crippen molar-refractivity contribution in [2.75, 3.05) is 25.5 Å². The van der Waals surface area contributed by atoms with Crippen molar-refractivity contribution in [1.82, 2.24) is 14.5 Å². The van der Waals surface area contributed by atoms with Gasteiger partial charge in [0.15, 0.2) is 5.11 Å². The first-order valence-corrected chi connectivity index (χ1v) is 9.10. The zero-order valence-corrected chi connectivity index (χ0v) is 16.0. The number of halogens is 4. The Balaban J connectivity index is 1.49. The third-order valence-corrected chi connectivity index (χ3v) is 5.20. The van der Waals surface area contributed by atoms with E-state index in [-0.39, 0.29) is 11.4 Å². The van der Waals surface area contributed by atoms with Gasteiger partial charge in [0.2, 0.25) is 5.88 Å². The van der Waals surface area contributed by atoms with Crippen LogP contribution in [0.15, 0.2) is 42.7 Å². The number of hydrogen-bond acceptors (Lipinski definition) is 3. The van der Waals surface area contributed by atoms with Gasteiger partial charge in [0, 0.05) is 36.3 Å². The number of anilines is 1. The Bertz CT molecular complexity index is 1060. The minimum atomic E-state index is -4.56. The standard InChI is InChI=1S/C19H16F4N4OS/c1-28-17-5-3-12(7-24-17)25-18(29)26-8-13(9-26)27-10-15(19(21,22)23)14-6-11(20)2-4-16(14)27/h2-7,10,13H,8-9H2,1H3,(H,25,29). The Morgan fingerprint density at radius 1 is 1.24 bits per heavy atom. The van der Waals surface area contributed by atoms with Crippen LogP contribution in [-0.2, 0) is 6.18 Å². The number of hydrogen-bond donors (Lipinski definition) is 1. The fraction of sp³-hybridized carbons (Fsp3) is 0.263. The molecule has 2 aromatic heterocycles. The molecule has 1 saturated heterocycles. The number of nitrogens with one attached hydrogen (secondary N) is 1. The molecule has 1 aliphatic heterocycles. The second kappa shape index (κ2) is 7.18. The van der Waals surface area contributed by atoms with E-state index in [4.69, 9.17) is 17.0 Å². The molecule has 1 aromatic carbocycles. The number of pyridine rings is 1. The molecule has 5 nitrogen and oxygen atoms in total. The lowest BCUT2D eigenvalue weighted by atomic mass is 10.1. The lowest BCUT2D eigenvalue weighted by Crippen LogP contribution is -2.52. The number of alkyl halides is 3. The molecule has 0 bridgehead atoms. The van der Waals surface area contributed by atoms with Crippen molar-refractivity contribution >= 4 is 33.9 Å². The van der Waals surface area contributed by atoms with Gasteiger partial charge in [-0.1, -0.05) is 0 Å². The molecule has 3 aromatic rings. The number of fused-ring (bicyclic) bond motifs is 1. The average molecular weight is 424 g/mol. The van der Waals surface area contributed by atoms with Crippen LogP contribution >= 0.6 is 12.2 Å². The van der Waals surface area contributed by atoms with Gasteiger partial charge in [0.25, 0.3) is 0 Å². The first kappa shape index (κ1) is 19.4. The third kappa shape index (κ3) is 3.71. The van der Waals surface area contributed by atoms with Gasteiger partial charge in [-0.3, -0.25) is 0 Å². The maximum Gasteiger partial charge on any atom is 0.418 e. The van der Waals surface area contributed by atoms with Gasteiger partial charge in [-0.15, -0.1) is 0 Å². The van der Waals surface area contributed by atoms with Crippen LogP contribution in [0.4, 0.5) is 23.2 Å². The summed E-state index contributed by atoms with van der Waals surface area (Å²) in [5.41, 5.74) is 0.192. The predicted molar refractivity (Wildman–Crippen MR) is 105 cm³/mol. The third-order valence-electron chi connectivity index (χ3n) is 4.84. The van der Waals surface area contributed by atoms with Crippen LogP contribution < -0.4 is 10.1 Å². The molecular weight excluding hydrogens is 408 g/mol.